The van der Waals surface area contributed by atoms with E-state index in [1.165, 1.54) is 6.20 Å². The molecule has 1 N–H and O–H groups in total. The van der Waals surface area contributed by atoms with E-state index < -0.39 is 5.97 Å². The molecule has 98 valence electrons. The summed E-state index contributed by atoms with van der Waals surface area (Å²) in [4.78, 5) is 17.5. The van der Waals surface area contributed by atoms with Crippen LogP contribution in [0.25, 0.3) is 0 Å². The van der Waals surface area contributed by atoms with Gasteiger partial charge in [-0.25, -0.2) is 9.78 Å². The van der Waals surface area contributed by atoms with Crippen molar-refractivity contribution in [1.29, 1.82) is 0 Å². The van der Waals surface area contributed by atoms with Crippen molar-refractivity contribution in [3.8, 4) is 0 Å². The summed E-state index contributed by atoms with van der Waals surface area (Å²) in [5, 5.41) is 9.26. The second-order valence-electron chi connectivity index (χ2n) is 4.97. The largest absolute Gasteiger partial charge is 0.478 e. The van der Waals surface area contributed by atoms with Crippen molar-refractivity contribution in [3.63, 3.8) is 0 Å². The molecule has 1 aliphatic heterocycles. The third-order valence-corrected chi connectivity index (χ3v) is 3.74. The van der Waals surface area contributed by atoms with E-state index in [1.807, 2.05) is 0 Å². The predicted molar refractivity (Wildman–Crippen MR) is 71.4 cm³/mol. The quantitative estimate of drug-likeness (QED) is 0.915. The van der Waals surface area contributed by atoms with E-state index in [2.05, 4.69) is 23.7 Å². The van der Waals surface area contributed by atoms with Gasteiger partial charge in [-0.2, -0.15) is 0 Å². The van der Waals surface area contributed by atoms with Crippen LogP contribution in [0.4, 0.5) is 5.82 Å². The number of aromatic nitrogens is 1. The highest BCUT2D eigenvalue weighted by Crippen LogP contribution is 2.30. The number of rotatable bonds is 3. The molecule has 0 aromatic carbocycles. The van der Waals surface area contributed by atoms with Crippen LogP contribution in [-0.2, 0) is 0 Å². The van der Waals surface area contributed by atoms with Gasteiger partial charge in [-0.05, 0) is 24.8 Å². The Labute approximate surface area is 112 Å². The maximum absolute atomic E-state index is 11.1. The van der Waals surface area contributed by atoms with Crippen molar-refractivity contribution in [1.82, 2.24) is 4.98 Å². The van der Waals surface area contributed by atoms with Crippen LogP contribution in [0.15, 0.2) is 12.3 Å². The predicted octanol–water partition coefficient (Wildman–Crippen LogP) is 3.06. The van der Waals surface area contributed by atoms with Crippen LogP contribution in [0.1, 0.15) is 37.0 Å². The van der Waals surface area contributed by atoms with Gasteiger partial charge in [0.2, 0.25) is 0 Å². The standard InChI is InChI=1S/C13H17ClN2O2/c1-8(2)11-4-3-5-16(11)12-6-9(13(17)18)10(14)7-15-12/h6-8,11H,3-5H2,1-2H3,(H,17,18). The number of hydrogen-bond acceptors (Lipinski definition) is 3. The molecule has 0 spiro atoms. The number of carbonyl (C=O) groups is 1. The van der Waals surface area contributed by atoms with Crippen LogP contribution >= 0.6 is 11.6 Å². The third-order valence-electron chi connectivity index (χ3n) is 3.43. The smallest absolute Gasteiger partial charge is 0.337 e. The molecule has 0 saturated carbocycles. The number of halogens is 1. The van der Waals surface area contributed by atoms with Crippen LogP contribution in [-0.4, -0.2) is 28.6 Å². The lowest BCUT2D eigenvalue weighted by Crippen LogP contribution is -2.34. The normalized spacial score (nSPS) is 19.6. The highest BCUT2D eigenvalue weighted by Gasteiger charge is 2.28. The van der Waals surface area contributed by atoms with E-state index in [9.17, 15) is 4.79 Å². The minimum Gasteiger partial charge on any atom is -0.478 e. The molecule has 1 unspecified atom stereocenters. The molecule has 1 saturated heterocycles. The van der Waals surface area contributed by atoms with Gasteiger partial charge in [0, 0.05) is 18.8 Å². The van der Waals surface area contributed by atoms with Gasteiger partial charge in [0.25, 0.3) is 0 Å². The van der Waals surface area contributed by atoms with Gasteiger partial charge in [-0.15, -0.1) is 0 Å². The zero-order chi connectivity index (χ0) is 13.3. The zero-order valence-electron chi connectivity index (χ0n) is 10.6. The second-order valence-corrected chi connectivity index (χ2v) is 5.38. The molecular formula is C13H17ClN2O2. The molecule has 18 heavy (non-hydrogen) atoms. The number of nitrogens with zero attached hydrogens (tertiary/aromatic N) is 2. The van der Waals surface area contributed by atoms with Crippen molar-refractivity contribution in [3.05, 3.63) is 22.8 Å². The Balaban J connectivity index is 2.33. The molecule has 1 aromatic rings. The van der Waals surface area contributed by atoms with Gasteiger partial charge in [0.1, 0.15) is 5.82 Å². The summed E-state index contributed by atoms with van der Waals surface area (Å²) in [6.45, 7) is 5.28. The third kappa shape index (κ3) is 2.43. The molecule has 0 amide bonds. The monoisotopic (exact) mass is 268 g/mol. The molecule has 1 fully saturated rings. The van der Waals surface area contributed by atoms with Crippen LogP contribution < -0.4 is 4.90 Å². The highest BCUT2D eigenvalue weighted by atomic mass is 35.5. The zero-order valence-corrected chi connectivity index (χ0v) is 11.3. The average Bonchev–Trinajstić information content (AvgIpc) is 2.78. The van der Waals surface area contributed by atoms with Crippen LogP contribution in [0.2, 0.25) is 5.02 Å². The highest BCUT2D eigenvalue weighted by molar-refractivity contribution is 6.33. The molecule has 1 aliphatic rings. The van der Waals surface area contributed by atoms with Gasteiger partial charge in [0.15, 0.2) is 0 Å². The van der Waals surface area contributed by atoms with E-state index in [0.717, 1.165) is 19.4 Å². The molecule has 0 aliphatic carbocycles. The molecule has 0 radical (unpaired) electrons. The molecule has 2 rings (SSSR count). The number of aromatic carboxylic acids is 1. The minimum atomic E-state index is -1.01. The van der Waals surface area contributed by atoms with Gasteiger partial charge in [-0.3, -0.25) is 0 Å². The summed E-state index contributed by atoms with van der Waals surface area (Å²) >= 11 is 5.83. The molecular weight excluding hydrogens is 252 g/mol. The molecule has 4 nitrogen and oxygen atoms in total. The van der Waals surface area contributed by atoms with Crippen LogP contribution in [0.5, 0.6) is 0 Å². The SMILES string of the molecule is CC(C)C1CCCN1c1cc(C(=O)O)c(Cl)cn1. The lowest BCUT2D eigenvalue weighted by atomic mass is 10.0. The van der Waals surface area contributed by atoms with Crippen molar-refractivity contribution in [2.45, 2.75) is 32.7 Å². The summed E-state index contributed by atoms with van der Waals surface area (Å²) in [5.74, 6) is 0.232. The molecule has 1 aromatic heterocycles. The minimum absolute atomic E-state index is 0.121. The van der Waals surface area contributed by atoms with E-state index in [-0.39, 0.29) is 10.6 Å². The Morgan fingerprint density at radius 2 is 2.33 bits per heavy atom. The van der Waals surface area contributed by atoms with Crippen LogP contribution in [0.3, 0.4) is 0 Å². The number of hydrogen-bond donors (Lipinski definition) is 1. The first-order valence-electron chi connectivity index (χ1n) is 6.16. The lowest BCUT2D eigenvalue weighted by Gasteiger charge is -2.28. The Morgan fingerprint density at radius 1 is 1.61 bits per heavy atom. The van der Waals surface area contributed by atoms with Crippen molar-refractivity contribution < 1.29 is 9.90 Å². The van der Waals surface area contributed by atoms with E-state index in [4.69, 9.17) is 16.7 Å². The maximum Gasteiger partial charge on any atom is 0.337 e. The van der Waals surface area contributed by atoms with E-state index in [1.54, 1.807) is 6.07 Å². The fraction of sp³-hybridized carbons (Fsp3) is 0.538. The van der Waals surface area contributed by atoms with Crippen molar-refractivity contribution >= 4 is 23.4 Å². The van der Waals surface area contributed by atoms with Crippen LogP contribution in [0, 0.1) is 5.92 Å². The van der Waals surface area contributed by atoms with E-state index in [0.29, 0.717) is 17.8 Å². The van der Waals surface area contributed by atoms with Crippen molar-refractivity contribution in [2.75, 3.05) is 11.4 Å². The number of carboxylic acids is 1. The summed E-state index contributed by atoms with van der Waals surface area (Å²) in [6, 6.07) is 2.01. The molecule has 2 heterocycles. The summed E-state index contributed by atoms with van der Waals surface area (Å²) in [7, 11) is 0. The first-order chi connectivity index (χ1) is 8.50. The van der Waals surface area contributed by atoms with Crippen molar-refractivity contribution in [2.24, 2.45) is 5.92 Å². The molecule has 5 heteroatoms. The van der Waals surface area contributed by atoms with Gasteiger partial charge in [0.05, 0.1) is 10.6 Å². The first kappa shape index (κ1) is 13.1. The Hall–Kier alpha value is -1.29. The number of carboxylic acid groups (broad SMARTS) is 1. The summed E-state index contributed by atoms with van der Waals surface area (Å²) in [6.07, 6.45) is 3.68. The maximum atomic E-state index is 11.1. The fourth-order valence-electron chi connectivity index (χ4n) is 2.52. The summed E-state index contributed by atoms with van der Waals surface area (Å²) in [5.41, 5.74) is 0.121. The van der Waals surface area contributed by atoms with Gasteiger partial charge < -0.3 is 10.0 Å². The second kappa shape index (κ2) is 5.14. The Morgan fingerprint density at radius 3 is 2.94 bits per heavy atom. The lowest BCUT2D eigenvalue weighted by molar-refractivity contribution is 0.0697. The van der Waals surface area contributed by atoms with Gasteiger partial charge >= 0.3 is 5.97 Å². The summed E-state index contributed by atoms with van der Waals surface area (Å²) < 4.78 is 0. The van der Waals surface area contributed by atoms with Gasteiger partial charge in [-0.1, -0.05) is 25.4 Å². The number of anilines is 1. The first-order valence-corrected chi connectivity index (χ1v) is 6.54. The average molecular weight is 269 g/mol. The fourth-order valence-corrected chi connectivity index (χ4v) is 2.70. The molecule has 0 bridgehead atoms. The number of pyridine rings is 1. The topological polar surface area (TPSA) is 53.4 Å². The molecule has 1 atom stereocenters. The Kier molecular flexibility index (Phi) is 3.76. The van der Waals surface area contributed by atoms with E-state index >= 15 is 0 Å². The Bertz CT molecular complexity index is 462.